The monoisotopic (exact) mass is 360 g/mol. The van der Waals surface area contributed by atoms with E-state index in [-0.39, 0.29) is 49.4 Å². The Labute approximate surface area is 150 Å². The first-order chi connectivity index (χ1) is 12.5. The molecule has 8 heteroatoms. The fourth-order valence-electron chi connectivity index (χ4n) is 4.01. The van der Waals surface area contributed by atoms with Gasteiger partial charge >= 0.3 is 0 Å². The molecular weight excluding hydrogens is 338 g/mol. The Morgan fingerprint density at radius 1 is 1.19 bits per heavy atom. The SMILES string of the molecule is NC(=O)C1CC[NH+]([C@@H]2CC(=O)N(Cc3ccc4c(c3)OCO4)C2=O)CC1. The normalized spacial score (nSPS) is 27.8. The number of carbonyl (C=O) groups excluding carboxylic acids is 3. The number of nitrogens with zero attached hydrogens (tertiary/aromatic N) is 1. The second-order valence-corrected chi connectivity index (χ2v) is 7.10. The number of fused-ring (bicyclic) bond motifs is 1. The molecular formula is C18H22N3O5+. The highest BCUT2D eigenvalue weighted by molar-refractivity contribution is 6.04. The number of quaternary nitrogens is 1. The highest BCUT2D eigenvalue weighted by Gasteiger charge is 2.46. The summed E-state index contributed by atoms with van der Waals surface area (Å²) in [6.45, 7) is 1.80. The molecule has 3 aliphatic rings. The van der Waals surface area contributed by atoms with Crippen LogP contribution in [-0.2, 0) is 20.9 Å². The van der Waals surface area contributed by atoms with Gasteiger partial charge in [0.2, 0.25) is 18.6 Å². The van der Waals surface area contributed by atoms with Gasteiger partial charge in [0.25, 0.3) is 5.91 Å². The molecule has 1 aromatic carbocycles. The second kappa shape index (κ2) is 6.60. The minimum atomic E-state index is -0.356. The van der Waals surface area contributed by atoms with Crippen molar-refractivity contribution in [1.29, 1.82) is 0 Å². The van der Waals surface area contributed by atoms with E-state index in [1.54, 1.807) is 12.1 Å². The zero-order valence-electron chi connectivity index (χ0n) is 14.4. The summed E-state index contributed by atoms with van der Waals surface area (Å²) in [6.07, 6.45) is 1.57. The van der Waals surface area contributed by atoms with Gasteiger partial charge in [-0.2, -0.15) is 0 Å². The molecule has 26 heavy (non-hydrogen) atoms. The van der Waals surface area contributed by atoms with Crippen molar-refractivity contribution in [2.75, 3.05) is 19.9 Å². The van der Waals surface area contributed by atoms with Crippen LogP contribution in [-0.4, -0.2) is 48.5 Å². The summed E-state index contributed by atoms with van der Waals surface area (Å²) >= 11 is 0. The Kier molecular flexibility index (Phi) is 4.28. The van der Waals surface area contributed by atoms with E-state index >= 15 is 0 Å². The van der Waals surface area contributed by atoms with Gasteiger partial charge in [-0.15, -0.1) is 0 Å². The number of nitrogens with one attached hydrogen (secondary N) is 1. The maximum absolute atomic E-state index is 12.8. The van der Waals surface area contributed by atoms with Gasteiger partial charge in [-0.1, -0.05) is 6.07 Å². The lowest BCUT2D eigenvalue weighted by molar-refractivity contribution is -0.920. The Balaban J connectivity index is 1.42. The van der Waals surface area contributed by atoms with E-state index < -0.39 is 0 Å². The molecule has 8 nitrogen and oxygen atoms in total. The summed E-state index contributed by atoms with van der Waals surface area (Å²) in [5.74, 6) is 0.630. The van der Waals surface area contributed by atoms with Crippen LogP contribution in [0.15, 0.2) is 18.2 Å². The van der Waals surface area contributed by atoms with Crippen LogP contribution in [0.25, 0.3) is 0 Å². The van der Waals surface area contributed by atoms with Crippen LogP contribution in [0.2, 0.25) is 0 Å². The molecule has 3 N–H and O–H groups in total. The Hall–Kier alpha value is -2.61. The van der Waals surface area contributed by atoms with Crippen LogP contribution in [0.4, 0.5) is 0 Å². The summed E-state index contributed by atoms with van der Waals surface area (Å²) in [4.78, 5) is 38.9. The number of benzene rings is 1. The van der Waals surface area contributed by atoms with E-state index in [1.165, 1.54) is 4.90 Å². The average Bonchev–Trinajstić information content (AvgIpc) is 3.21. The third-order valence-corrected chi connectivity index (χ3v) is 5.54. The van der Waals surface area contributed by atoms with Gasteiger partial charge in [0.1, 0.15) is 0 Å². The lowest BCUT2D eigenvalue weighted by Gasteiger charge is -2.30. The summed E-state index contributed by atoms with van der Waals surface area (Å²) in [5.41, 5.74) is 6.20. The zero-order valence-corrected chi connectivity index (χ0v) is 14.4. The van der Waals surface area contributed by atoms with Crippen LogP contribution in [0.5, 0.6) is 11.5 Å². The van der Waals surface area contributed by atoms with E-state index in [2.05, 4.69) is 0 Å². The Morgan fingerprint density at radius 2 is 1.92 bits per heavy atom. The van der Waals surface area contributed by atoms with E-state index in [9.17, 15) is 14.4 Å². The minimum absolute atomic E-state index is 0.115. The number of nitrogens with two attached hydrogens (primary N) is 1. The number of carbonyl (C=O) groups is 3. The molecule has 0 bridgehead atoms. The van der Waals surface area contributed by atoms with Crippen LogP contribution < -0.4 is 20.1 Å². The minimum Gasteiger partial charge on any atom is -0.454 e. The van der Waals surface area contributed by atoms with Crippen molar-refractivity contribution in [3.05, 3.63) is 23.8 Å². The number of imide groups is 1. The first-order valence-electron chi connectivity index (χ1n) is 8.89. The van der Waals surface area contributed by atoms with Crippen LogP contribution in [0.3, 0.4) is 0 Å². The third-order valence-electron chi connectivity index (χ3n) is 5.54. The quantitative estimate of drug-likeness (QED) is 0.658. The van der Waals surface area contributed by atoms with Crippen molar-refractivity contribution >= 4 is 17.7 Å². The highest BCUT2D eigenvalue weighted by Crippen LogP contribution is 2.33. The summed E-state index contributed by atoms with van der Waals surface area (Å²) in [7, 11) is 0. The maximum atomic E-state index is 12.8. The number of primary amides is 1. The largest absolute Gasteiger partial charge is 0.454 e. The number of hydrogen-bond donors (Lipinski definition) is 2. The van der Waals surface area contributed by atoms with Crippen molar-refractivity contribution < 1.29 is 28.8 Å². The van der Waals surface area contributed by atoms with Crippen molar-refractivity contribution in [3.63, 3.8) is 0 Å². The van der Waals surface area contributed by atoms with Gasteiger partial charge in [0, 0.05) is 18.8 Å². The van der Waals surface area contributed by atoms with Crippen LogP contribution >= 0.6 is 0 Å². The molecule has 0 radical (unpaired) electrons. The second-order valence-electron chi connectivity index (χ2n) is 7.10. The molecule has 0 saturated carbocycles. The molecule has 2 fully saturated rings. The van der Waals surface area contributed by atoms with E-state index in [0.29, 0.717) is 37.4 Å². The number of ether oxygens (including phenoxy) is 2. The number of piperidine rings is 1. The summed E-state index contributed by atoms with van der Waals surface area (Å²) in [5, 5.41) is 0. The molecule has 1 aromatic rings. The number of amides is 3. The standard InChI is InChI=1S/C18H21N3O5/c19-17(23)12-3-5-20(6-4-12)13-8-16(22)21(18(13)24)9-11-1-2-14-15(7-11)26-10-25-14/h1-2,7,12-13H,3-6,8-10H2,(H2,19,23)/p+1/t13-/m1/s1. The van der Waals surface area contributed by atoms with Gasteiger partial charge in [0.15, 0.2) is 17.5 Å². The topological polar surface area (TPSA) is 103 Å². The van der Waals surface area contributed by atoms with Gasteiger partial charge in [-0.05, 0) is 17.7 Å². The van der Waals surface area contributed by atoms with Crippen molar-refractivity contribution in [2.24, 2.45) is 11.7 Å². The molecule has 0 unspecified atom stereocenters. The van der Waals surface area contributed by atoms with Gasteiger partial charge in [-0.25, -0.2) is 0 Å². The molecule has 0 aliphatic carbocycles. The molecule has 138 valence electrons. The van der Waals surface area contributed by atoms with Crippen molar-refractivity contribution in [3.8, 4) is 11.5 Å². The predicted octanol–water partition coefficient (Wildman–Crippen LogP) is -1.18. The summed E-state index contributed by atoms with van der Waals surface area (Å²) < 4.78 is 10.6. The van der Waals surface area contributed by atoms with Crippen molar-refractivity contribution in [2.45, 2.75) is 31.8 Å². The molecule has 0 aromatic heterocycles. The van der Waals surface area contributed by atoms with E-state index in [0.717, 1.165) is 10.5 Å². The molecule has 0 spiro atoms. The zero-order chi connectivity index (χ0) is 18.3. The molecule has 2 saturated heterocycles. The number of likely N-dealkylation sites (tertiary alicyclic amines) is 2. The maximum Gasteiger partial charge on any atom is 0.288 e. The van der Waals surface area contributed by atoms with Crippen molar-refractivity contribution in [1.82, 2.24) is 4.90 Å². The van der Waals surface area contributed by atoms with E-state index in [4.69, 9.17) is 15.2 Å². The number of rotatable bonds is 4. The van der Waals surface area contributed by atoms with Gasteiger partial charge < -0.3 is 20.1 Å². The Morgan fingerprint density at radius 3 is 2.65 bits per heavy atom. The van der Waals surface area contributed by atoms with Crippen LogP contribution in [0.1, 0.15) is 24.8 Å². The smallest absolute Gasteiger partial charge is 0.288 e. The lowest BCUT2D eigenvalue weighted by atomic mass is 9.95. The van der Waals surface area contributed by atoms with Gasteiger partial charge in [0.05, 0.1) is 26.1 Å². The summed E-state index contributed by atoms with van der Waals surface area (Å²) in [6, 6.07) is 5.08. The van der Waals surface area contributed by atoms with Gasteiger partial charge in [-0.3, -0.25) is 19.3 Å². The first-order valence-corrected chi connectivity index (χ1v) is 8.89. The molecule has 4 rings (SSSR count). The average molecular weight is 360 g/mol. The molecule has 3 amide bonds. The Bertz CT molecular complexity index is 757. The highest BCUT2D eigenvalue weighted by atomic mass is 16.7. The first kappa shape index (κ1) is 16.8. The number of hydrogen-bond acceptors (Lipinski definition) is 5. The third kappa shape index (κ3) is 3.01. The fourth-order valence-corrected chi connectivity index (χ4v) is 4.01. The fraction of sp³-hybridized carbons (Fsp3) is 0.500. The van der Waals surface area contributed by atoms with Crippen LogP contribution in [0, 0.1) is 5.92 Å². The molecule has 3 heterocycles. The van der Waals surface area contributed by atoms with E-state index in [1.807, 2.05) is 6.07 Å². The molecule has 3 aliphatic heterocycles. The lowest BCUT2D eigenvalue weighted by Crippen LogP contribution is -3.17. The molecule has 1 atom stereocenters. The predicted molar refractivity (Wildman–Crippen MR) is 89.1 cm³/mol.